The summed E-state index contributed by atoms with van der Waals surface area (Å²) >= 11 is 0. The Kier molecular flexibility index (Phi) is 4.67. The number of carbonyl (C=O) groups is 2. The number of nitro groups is 1. The molecule has 3 rings (SSSR count). The van der Waals surface area contributed by atoms with Gasteiger partial charge in [0.1, 0.15) is 5.76 Å². The molecule has 0 N–H and O–H groups in total. The number of ether oxygens (including phenoxy) is 1. The third kappa shape index (κ3) is 3.13. The highest BCUT2D eigenvalue weighted by atomic mass is 16.6. The van der Waals surface area contributed by atoms with Gasteiger partial charge in [-0.05, 0) is 19.4 Å². The molecule has 0 unspecified atom stereocenters. The van der Waals surface area contributed by atoms with Crippen LogP contribution in [0.4, 0.5) is 5.69 Å². The first-order valence-corrected chi connectivity index (χ1v) is 8.12. The van der Waals surface area contributed by atoms with E-state index in [-0.39, 0.29) is 17.3 Å². The molecule has 6 heteroatoms. The van der Waals surface area contributed by atoms with E-state index in [9.17, 15) is 19.7 Å². The maximum Gasteiger partial charge on any atom is 0.269 e. The van der Waals surface area contributed by atoms with Crippen LogP contribution in [0.5, 0.6) is 0 Å². The summed E-state index contributed by atoms with van der Waals surface area (Å²) in [6.07, 6.45) is -0.877. The first kappa shape index (κ1) is 17.5. The van der Waals surface area contributed by atoms with Crippen molar-refractivity contribution in [3.05, 3.63) is 87.2 Å². The molecule has 0 amide bonds. The lowest BCUT2D eigenvalue weighted by Crippen LogP contribution is -2.28. The number of carbonyl (C=O) groups excluding carboxylic acids is 2. The summed E-state index contributed by atoms with van der Waals surface area (Å²) < 4.78 is 5.77. The SMILES string of the molecule is CC(=O)C1=C(C)O[C@H](C(=O)c2ccccc2)[C@H]1c1ccc([N+](=O)[O-])cc1. The van der Waals surface area contributed by atoms with E-state index in [2.05, 4.69) is 0 Å². The monoisotopic (exact) mass is 351 g/mol. The van der Waals surface area contributed by atoms with Crippen molar-refractivity contribution in [2.24, 2.45) is 0 Å². The molecule has 132 valence electrons. The summed E-state index contributed by atoms with van der Waals surface area (Å²) in [5.74, 6) is -0.602. The maximum atomic E-state index is 12.9. The average molecular weight is 351 g/mol. The van der Waals surface area contributed by atoms with Crippen LogP contribution in [-0.2, 0) is 9.53 Å². The van der Waals surface area contributed by atoms with Gasteiger partial charge >= 0.3 is 0 Å². The lowest BCUT2D eigenvalue weighted by atomic mass is 9.83. The van der Waals surface area contributed by atoms with Crippen molar-refractivity contribution in [2.45, 2.75) is 25.9 Å². The molecule has 0 aromatic heterocycles. The predicted molar refractivity (Wildman–Crippen MR) is 94.9 cm³/mol. The van der Waals surface area contributed by atoms with E-state index in [1.54, 1.807) is 43.3 Å². The number of ketones is 2. The Morgan fingerprint density at radius 2 is 1.65 bits per heavy atom. The molecular weight excluding hydrogens is 334 g/mol. The van der Waals surface area contributed by atoms with E-state index in [4.69, 9.17) is 4.74 Å². The van der Waals surface area contributed by atoms with Gasteiger partial charge in [-0.1, -0.05) is 42.5 Å². The van der Waals surface area contributed by atoms with Gasteiger partial charge in [0, 0.05) is 23.3 Å². The fourth-order valence-electron chi connectivity index (χ4n) is 3.28. The number of nitrogens with zero attached hydrogens (tertiary/aromatic N) is 1. The Balaban J connectivity index is 2.04. The van der Waals surface area contributed by atoms with Gasteiger partial charge in [-0.15, -0.1) is 0 Å². The van der Waals surface area contributed by atoms with Crippen LogP contribution in [0.1, 0.15) is 35.7 Å². The number of rotatable bonds is 5. The molecule has 1 aliphatic rings. The third-order valence-corrected chi connectivity index (χ3v) is 4.46. The normalized spacial score (nSPS) is 19.2. The molecule has 6 nitrogen and oxygen atoms in total. The van der Waals surface area contributed by atoms with Gasteiger partial charge in [0.05, 0.1) is 10.8 Å². The molecule has 0 radical (unpaired) electrons. The molecule has 0 saturated carbocycles. The fraction of sp³-hybridized carbons (Fsp3) is 0.200. The number of non-ortho nitro benzene ring substituents is 1. The number of allylic oxidation sites excluding steroid dienone is 1. The molecule has 2 aromatic rings. The summed E-state index contributed by atoms with van der Waals surface area (Å²) in [6.45, 7) is 3.09. The van der Waals surface area contributed by atoms with Gasteiger partial charge in [0.15, 0.2) is 11.9 Å². The summed E-state index contributed by atoms with van der Waals surface area (Å²) in [7, 11) is 0. The van der Waals surface area contributed by atoms with E-state index in [1.165, 1.54) is 19.1 Å². The van der Waals surface area contributed by atoms with Crippen LogP contribution in [0.2, 0.25) is 0 Å². The number of benzene rings is 2. The van der Waals surface area contributed by atoms with E-state index in [0.717, 1.165) is 0 Å². The second-order valence-corrected chi connectivity index (χ2v) is 6.12. The minimum absolute atomic E-state index is 0.0522. The summed E-state index contributed by atoms with van der Waals surface area (Å²) in [6, 6.07) is 14.6. The summed E-state index contributed by atoms with van der Waals surface area (Å²) in [5, 5.41) is 10.9. The highest BCUT2D eigenvalue weighted by Gasteiger charge is 2.42. The first-order valence-electron chi connectivity index (χ1n) is 8.12. The molecule has 2 atom stereocenters. The lowest BCUT2D eigenvalue weighted by Gasteiger charge is -2.20. The standard InChI is InChI=1S/C20H17NO5/c1-12(22)17-13(2)26-20(19(23)15-6-4-3-5-7-15)18(17)14-8-10-16(11-9-14)21(24)25/h3-11,18,20H,1-2H3/t18-,20-/m0/s1. The Bertz CT molecular complexity index is 900. The molecule has 1 aliphatic heterocycles. The third-order valence-electron chi connectivity index (χ3n) is 4.46. The van der Waals surface area contributed by atoms with Crippen molar-refractivity contribution >= 4 is 17.3 Å². The first-order chi connectivity index (χ1) is 12.4. The molecule has 0 fully saturated rings. The smallest absolute Gasteiger partial charge is 0.269 e. The topological polar surface area (TPSA) is 86.5 Å². The van der Waals surface area contributed by atoms with E-state index in [0.29, 0.717) is 22.5 Å². The predicted octanol–water partition coefficient (Wildman–Crippen LogP) is 3.82. The average Bonchev–Trinajstić information content (AvgIpc) is 2.99. The van der Waals surface area contributed by atoms with Crippen LogP contribution in [0.15, 0.2) is 65.9 Å². The van der Waals surface area contributed by atoms with Crippen molar-refractivity contribution in [3.63, 3.8) is 0 Å². The van der Waals surface area contributed by atoms with Crippen LogP contribution in [0.25, 0.3) is 0 Å². The second-order valence-electron chi connectivity index (χ2n) is 6.12. The number of hydrogen-bond donors (Lipinski definition) is 0. The molecule has 2 aromatic carbocycles. The van der Waals surface area contributed by atoms with Crippen molar-refractivity contribution in [3.8, 4) is 0 Å². The van der Waals surface area contributed by atoms with Crippen molar-refractivity contribution in [1.29, 1.82) is 0 Å². The molecular formula is C20H17NO5. The van der Waals surface area contributed by atoms with Gasteiger partial charge < -0.3 is 4.74 Å². The largest absolute Gasteiger partial charge is 0.485 e. The maximum absolute atomic E-state index is 12.9. The quantitative estimate of drug-likeness (QED) is 0.464. The van der Waals surface area contributed by atoms with Gasteiger partial charge in [-0.3, -0.25) is 19.7 Å². The molecule has 1 heterocycles. The molecule has 0 saturated heterocycles. The number of Topliss-reactive ketones (excluding diaryl/α,β-unsaturated/α-hetero) is 2. The van der Waals surface area contributed by atoms with Gasteiger partial charge in [-0.25, -0.2) is 0 Å². The Hall–Kier alpha value is -3.28. The van der Waals surface area contributed by atoms with Crippen LogP contribution in [-0.4, -0.2) is 22.6 Å². The van der Waals surface area contributed by atoms with Gasteiger partial charge in [0.25, 0.3) is 5.69 Å². The van der Waals surface area contributed by atoms with E-state index >= 15 is 0 Å². The fourth-order valence-corrected chi connectivity index (χ4v) is 3.28. The van der Waals surface area contributed by atoms with Crippen LogP contribution < -0.4 is 0 Å². The van der Waals surface area contributed by atoms with Crippen molar-refractivity contribution in [1.82, 2.24) is 0 Å². The molecule has 0 aliphatic carbocycles. The van der Waals surface area contributed by atoms with E-state index in [1.807, 2.05) is 6.07 Å². The zero-order valence-corrected chi connectivity index (χ0v) is 14.3. The number of nitro benzene ring substituents is 1. The molecule has 26 heavy (non-hydrogen) atoms. The van der Waals surface area contributed by atoms with Crippen molar-refractivity contribution in [2.75, 3.05) is 0 Å². The summed E-state index contributed by atoms with van der Waals surface area (Å²) in [4.78, 5) is 35.5. The molecule has 0 bridgehead atoms. The second kappa shape index (κ2) is 6.92. The van der Waals surface area contributed by atoms with Gasteiger partial charge in [0.2, 0.25) is 5.78 Å². The summed E-state index contributed by atoms with van der Waals surface area (Å²) in [5.41, 5.74) is 1.49. The van der Waals surface area contributed by atoms with Crippen LogP contribution in [0.3, 0.4) is 0 Å². The van der Waals surface area contributed by atoms with Crippen LogP contribution >= 0.6 is 0 Å². The highest BCUT2D eigenvalue weighted by molar-refractivity contribution is 6.04. The van der Waals surface area contributed by atoms with Crippen molar-refractivity contribution < 1.29 is 19.2 Å². The minimum Gasteiger partial charge on any atom is -0.485 e. The Labute approximate surface area is 150 Å². The Morgan fingerprint density at radius 3 is 2.19 bits per heavy atom. The zero-order chi connectivity index (χ0) is 18.8. The van der Waals surface area contributed by atoms with E-state index < -0.39 is 16.9 Å². The van der Waals surface area contributed by atoms with Crippen LogP contribution in [0, 0.1) is 10.1 Å². The van der Waals surface area contributed by atoms with Gasteiger partial charge in [-0.2, -0.15) is 0 Å². The highest BCUT2D eigenvalue weighted by Crippen LogP contribution is 2.41. The Morgan fingerprint density at radius 1 is 1.04 bits per heavy atom. The number of hydrogen-bond acceptors (Lipinski definition) is 5. The zero-order valence-electron chi connectivity index (χ0n) is 14.3. The lowest BCUT2D eigenvalue weighted by molar-refractivity contribution is -0.384. The minimum atomic E-state index is -0.877. The molecule has 0 spiro atoms.